The summed E-state index contributed by atoms with van der Waals surface area (Å²) in [6.07, 6.45) is 3.09. The van der Waals surface area contributed by atoms with Gasteiger partial charge in [0.25, 0.3) is 5.56 Å². The number of furan rings is 1. The van der Waals surface area contributed by atoms with E-state index in [-0.39, 0.29) is 11.5 Å². The van der Waals surface area contributed by atoms with E-state index in [0.717, 1.165) is 16.6 Å². The van der Waals surface area contributed by atoms with E-state index in [4.69, 9.17) is 4.42 Å². The molecule has 26 heavy (non-hydrogen) atoms. The number of aromatic nitrogens is 3. The Morgan fingerprint density at radius 2 is 2.00 bits per heavy atom. The SMILES string of the molecule is Cc1ccc(CNC(=O)C(C)n2ncn3c(cc4occc43)c2=O)cc1. The number of nitrogens with zero attached hydrogens (tertiary/aromatic N) is 3. The predicted molar refractivity (Wildman–Crippen MR) is 97.0 cm³/mol. The van der Waals surface area contributed by atoms with Crippen LogP contribution in [-0.4, -0.2) is 20.1 Å². The van der Waals surface area contributed by atoms with Crippen LogP contribution in [0.2, 0.25) is 0 Å². The first-order valence-corrected chi connectivity index (χ1v) is 8.34. The molecule has 4 rings (SSSR count). The Kier molecular flexibility index (Phi) is 3.84. The Bertz CT molecular complexity index is 1150. The third-order valence-corrected chi connectivity index (χ3v) is 4.51. The Hall–Kier alpha value is -3.35. The summed E-state index contributed by atoms with van der Waals surface area (Å²) < 4.78 is 8.18. The standard InChI is InChI=1S/C19H18N4O3/c1-12-3-5-14(6-4-12)10-20-18(24)13(2)23-19(25)16-9-17-15(7-8-26-17)22(16)11-21-23/h3-9,11,13H,10H2,1-2H3,(H,20,24). The number of fused-ring (bicyclic) bond motifs is 3. The molecule has 1 atom stereocenters. The van der Waals surface area contributed by atoms with E-state index in [0.29, 0.717) is 17.6 Å². The van der Waals surface area contributed by atoms with Crippen LogP contribution in [0.1, 0.15) is 24.1 Å². The zero-order chi connectivity index (χ0) is 18.3. The van der Waals surface area contributed by atoms with Crippen molar-refractivity contribution in [3.63, 3.8) is 0 Å². The van der Waals surface area contributed by atoms with Gasteiger partial charge in [0.05, 0.1) is 11.8 Å². The minimum Gasteiger partial charge on any atom is -0.463 e. The molecule has 1 N–H and O–H groups in total. The van der Waals surface area contributed by atoms with Gasteiger partial charge in [-0.3, -0.25) is 14.0 Å². The van der Waals surface area contributed by atoms with Gasteiger partial charge in [0, 0.05) is 18.7 Å². The lowest BCUT2D eigenvalue weighted by atomic mass is 10.1. The predicted octanol–water partition coefficient (Wildman–Crippen LogP) is 2.43. The quantitative estimate of drug-likeness (QED) is 0.613. The van der Waals surface area contributed by atoms with Gasteiger partial charge in [-0.25, -0.2) is 4.68 Å². The molecule has 7 nitrogen and oxygen atoms in total. The first kappa shape index (κ1) is 16.1. The second kappa shape index (κ2) is 6.18. The van der Waals surface area contributed by atoms with E-state index in [1.807, 2.05) is 31.2 Å². The maximum absolute atomic E-state index is 12.7. The van der Waals surface area contributed by atoms with Crippen LogP contribution in [0, 0.1) is 6.92 Å². The van der Waals surface area contributed by atoms with Gasteiger partial charge >= 0.3 is 0 Å². The molecule has 0 spiro atoms. The summed E-state index contributed by atoms with van der Waals surface area (Å²) in [5.41, 5.74) is 3.63. The number of hydrogen-bond acceptors (Lipinski definition) is 4. The van der Waals surface area contributed by atoms with Gasteiger partial charge < -0.3 is 9.73 Å². The van der Waals surface area contributed by atoms with Crippen molar-refractivity contribution < 1.29 is 9.21 Å². The minimum atomic E-state index is -0.723. The molecule has 3 heterocycles. The number of nitrogens with one attached hydrogen (secondary N) is 1. The van der Waals surface area contributed by atoms with E-state index in [1.54, 1.807) is 29.7 Å². The summed E-state index contributed by atoms with van der Waals surface area (Å²) in [4.78, 5) is 25.2. The molecule has 1 unspecified atom stereocenters. The van der Waals surface area contributed by atoms with Crippen molar-refractivity contribution in [2.45, 2.75) is 26.4 Å². The molecule has 0 aliphatic heterocycles. The minimum absolute atomic E-state index is 0.264. The second-order valence-corrected chi connectivity index (χ2v) is 6.33. The van der Waals surface area contributed by atoms with Crippen LogP contribution in [0.15, 0.2) is 58.2 Å². The average Bonchev–Trinajstić information content (AvgIpc) is 3.23. The molecule has 0 aliphatic rings. The van der Waals surface area contributed by atoms with Crippen LogP contribution in [0.3, 0.4) is 0 Å². The van der Waals surface area contributed by atoms with E-state index < -0.39 is 6.04 Å². The Morgan fingerprint density at radius 1 is 1.23 bits per heavy atom. The largest absolute Gasteiger partial charge is 0.463 e. The fraction of sp³-hybridized carbons (Fsp3) is 0.211. The first-order chi connectivity index (χ1) is 12.5. The number of carbonyl (C=O) groups excluding carboxylic acids is 1. The zero-order valence-electron chi connectivity index (χ0n) is 14.5. The first-order valence-electron chi connectivity index (χ1n) is 8.34. The molecule has 132 valence electrons. The lowest BCUT2D eigenvalue weighted by Crippen LogP contribution is -2.37. The summed E-state index contributed by atoms with van der Waals surface area (Å²) in [6, 6.07) is 10.6. The van der Waals surface area contributed by atoms with Crippen molar-refractivity contribution in [3.8, 4) is 0 Å². The Labute approximate surface area is 148 Å². The van der Waals surface area contributed by atoms with Crippen molar-refractivity contribution in [2.24, 2.45) is 0 Å². The molecule has 1 amide bonds. The second-order valence-electron chi connectivity index (χ2n) is 6.33. The average molecular weight is 350 g/mol. The fourth-order valence-corrected chi connectivity index (χ4v) is 2.94. The van der Waals surface area contributed by atoms with Crippen LogP contribution in [0.4, 0.5) is 0 Å². The van der Waals surface area contributed by atoms with Gasteiger partial charge in [-0.05, 0) is 19.4 Å². The molecule has 0 saturated heterocycles. The van der Waals surface area contributed by atoms with Gasteiger partial charge in [0.15, 0.2) is 5.58 Å². The molecular formula is C19H18N4O3. The third-order valence-electron chi connectivity index (χ3n) is 4.51. The highest BCUT2D eigenvalue weighted by molar-refractivity contribution is 5.82. The van der Waals surface area contributed by atoms with Crippen molar-refractivity contribution in [3.05, 3.63) is 70.5 Å². The molecule has 3 aromatic heterocycles. The number of carbonyl (C=O) groups is 1. The van der Waals surface area contributed by atoms with Gasteiger partial charge in [0.1, 0.15) is 17.9 Å². The molecule has 0 radical (unpaired) electrons. The van der Waals surface area contributed by atoms with Crippen molar-refractivity contribution >= 4 is 22.5 Å². The summed E-state index contributed by atoms with van der Waals surface area (Å²) in [7, 11) is 0. The number of aryl methyl sites for hydroxylation is 1. The van der Waals surface area contributed by atoms with E-state index in [2.05, 4.69) is 10.4 Å². The maximum Gasteiger partial charge on any atom is 0.291 e. The normalized spacial score (nSPS) is 12.5. The van der Waals surface area contributed by atoms with E-state index >= 15 is 0 Å². The van der Waals surface area contributed by atoms with Crippen LogP contribution >= 0.6 is 0 Å². The smallest absolute Gasteiger partial charge is 0.291 e. The number of rotatable bonds is 4. The third kappa shape index (κ3) is 2.67. The van der Waals surface area contributed by atoms with Crippen LogP contribution in [-0.2, 0) is 11.3 Å². The number of amides is 1. The van der Waals surface area contributed by atoms with E-state index in [9.17, 15) is 9.59 Å². The summed E-state index contributed by atoms with van der Waals surface area (Å²) in [6.45, 7) is 4.07. The van der Waals surface area contributed by atoms with Gasteiger partial charge in [-0.2, -0.15) is 5.10 Å². The number of hydrogen-bond donors (Lipinski definition) is 1. The maximum atomic E-state index is 12.7. The van der Waals surface area contributed by atoms with Gasteiger partial charge in [-0.15, -0.1) is 0 Å². The monoisotopic (exact) mass is 350 g/mol. The van der Waals surface area contributed by atoms with E-state index in [1.165, 1.54) is 11.0 Å². The summed E-state index contributed by atoms with van der Waals surface area (Å²) >= 11 is 0. The highest BCUT2D eigenvalue weighted by Gasteiger charge is 2.19. The molecule has 0 aliphatic carbocycles. The topological polar surface area (TPSA) is 81.5 Å². The van der Waals surface area contributed by atoms with Crippen LogP contribution in [0.25, 0.3) is 16.6 Å². The van der Waals surface area contributed by atoms with Crippen molar-refractivity contribution in [1.82, 2.24) is 19.5 Å². The van der Waals surface area contributed by atoms with Crippen LogP contribution in [0.5, 0.6) is 0 Å². The molecule has 0 saturated carbocycles. The lowest BCUT2D eigenvalue weighted by molar-refractivity contribution is -0.124. The summed E-state index contributed by atoms with van der Waals surface area (Å²) in [5, 5.41) is 7.01. The van der Waals surface area contributed by atoms with Crippen LogP contribution < -0.4 is 10.9 Å². The lowest BCUT2D eigenvalue weighted by Gasteiger charge is -2.14. The summed E-state index contributed by atoms with van der Waals surface area (Å²) in [5.74, 6) is -0.264. The molecule has 1 aromatic carbocycles. The molecule has 0 bridgehead atoms. The molecule has 0 fully saturated rings. The Balaban J connectivity index is 1.57. The van der Waals surface area contributed by atoms with Gasteiger partial charge in [-0.1, -0.05) is 29.8 Å². The molecule has 4 aromatic rings. The van der Waals surface area contributed by atoms with Crippen molar-refractivity contribution in [1.29, 1.82) is 0 Å². The number of benzene rings is 1. The molecule has 7 heteroatoms. The van der Waals surface area contributed by atoms with Crippen molar-refractivity contribution in [2.75, 3.05) is 0 Å². The van der Waals surface area contributed by atoms with Gasteiger partial charge in [0.2, 0.25) is 5.91 Å². The molecular weight excluding hydrogens is 332 g/mol. The highest BCUT2D eigenvalue weighted by Crippen LogP contribution is 2.18. The fourth-order valence-electron chi connectivity index (χ4n) is 2.94. The Morgan fingerprint density at radius 3 is 2.77 bits per heavy atom. The zero-order valence-corrected chi connectivity index (χ0v) is 14.5. The highest BCUT2D eigenvalue weighted by atomic mass is 16.3.